The second kappa shape index (κ2) is 3.25. The highest BCUT2D eigenvalue weighted by Gasteiger charge is 2.06. The lowest BCUT2D eigenvalue weighted by atomic mass is 10.4. The van der Waals surface area contributed by atoms with E-state index in [1.807, 2.05) is 6.07 Å². The van der Waals surface area contributed by atoms with Gasteiger partial charge in [0.1, 0.15) is 11.8 Å². The average molecular weight is 189 g/mol. The van der Waals surface area contributed by atoms with Crippen molar-refractivity contribution in [3.63, 3.8) is 0 Å². The fourth-order valence-electron chi connectivity index (χ4n) is 0.794. The summed E-state index contributed by atoms with van der Waals surface area (Å²) in [6, 6.07) is 5.41. The molecule has 5 nitrogen and oxygen atoms in total. The van der Waals surface area contributed by atoms with E-state index in [4.69, 9.17) is 5.26 Å². The van der Waals surface area contributed by atoms with Crippen molar-refractivity contribution in [1.82, 2.24) is 19.6 Å². The minimum absolute atomic E-state index is 0.334. The van der Waals surface area contributed by atoms with Crippen LogP contribution in [-0.4, -0.2) is 19.6 Å². The molecule has 0 fully saturated rings. The second-order valence-electron chi connectivity index (χ2n) is 2.14. The third-order valence-corrected chi connectivity index (χ3v) is 1.94. The summed E-state index contributed by atoms with van der Waals surface area (Å²) >= 11 is 1.05. The van der Waals surface area contributed by atoms with Gasteiger partial charge in [0.05, 0.1) is 0 Å². The number of hydrogen-bond acceptors (Lipinski definition) is 6. The number of nitrogens with zero attached hydrogens (tertiary/aromatic N) is 5. The van der Waals surface area contributed by atoms with Gasteiger partial charge >= 0.3 is 0 Å². The van der Waals surface area contributed by atoms with E-state index < -0.39 is 0 Å². The van der Waals surface area contributed by atoms with Gasteiger partial charge in [-0.1, -0.05) is 0 Å². The lowest BCUT2D eigenvalue weighted by Crippen LogP contribution is -1.87. The molecule has 0 spiro atoms. The van der Waals surface area contributed by atoms with Crippen LogP contribution in [0.15, 0.2) is 18.3 Å². The van der Waals surface area contributed by atoms with Crippen molar-refractivity contribution in [2.45, 2.75) is 0 Å². The molecule has 0 bridgehead atoms. The summed E-state index contributed by atoms with van der Waals surface area (Å²) in [7, 11) is 0. The van der Waals surface area contributed by atoms with Crippen LogP contribution < -0.4 is 0 Å². The molecule has 0 aromatic carbocycles. The Bertz CT molecular complexity index is 443. The standard InChI is InChI=1S/C7H3N5S/c8-4-6-10-7(12-13-6)5-2-1-3-9-11-5/h1-3H. The Labute approximate surface area is 77.9 Å². The van der Waals surface area contributed by atoms with Crippen molar-refractivity contribution < 1.29 is 0 Å². The van der Waals surface area contributed by atoms with Crippen LogP contribution in [0.3, 0.4) is 0 Å². The van der Waals surface area contributed by atoms with Crippen molar-refractivity contribution in [2.75, 3.05) is 0 Å². The Balaban J connectivity index is 2.43. The molecule has 0 aliphatic rings. The summed E-state index contributed by atoms with van der Waals surface area (Å²) in [6.45, 7) is 0. The van der Waals surface area contributed by atoms with Crippen LogP contribution in [0.25, 0.3) is 11.5 Å². The highest BCUT2D eigenvalue weighted by molar-refractivity contribution is 7.06. The van der Waals surface area contributed by atoms with Crippen molar-refractivity contribution in [3.8, 4) is 17.6 Å². The monoisotopic (exact) mass is 189 g/mol. The van der Waals surface area contributed by atoms with Gasteiger partial charge in [-0.15, -0.1) is 5.10 Å². The molecule has 2 rings (SSSR count). The first-order chi connectivity index (χ1) is 6.40. The van der Waals surface area contributed by atoms with Crippen LogP contribution in [-0.2, 0) is 0 Å². The fourth-order valence-corrected chi connectivity index (χ4v) is 1.27. The molecule has 0 unspecified atom stereocenters. The lowest BCUT2D eigenvalue weighted by molar-refractivity contribution is 1.02. The summed E-state index contributed by atoms with van der Waals surface area (Å²) in [5.74, 6) is 0.453. The highest BCUT2D eigenvalue weighted by atomic mass is 32.1. The van der Waals surface area contributed by atoms with Crippen molar-refractivity contribution in [2.24, 2.45) is 0 Å². The molecular formula is C7H3N5S. The van der Waals surface area contributed by atoms with Gasteiger partial charge < -0.3 is 0 Å². The maximum absolute atomic E-state index is 8.52. The number of aromatic nitrogens is 4. The molecule has 0 saturated heterocycles. The maximum atomic E-state index is 8.52. The van der Waals surface area contributed by atoms with Crippen LogP contribution in [0.2, 0.25) is 0 Å². The van der Waals surface area contributed by atoms with Crippen molar-refractivity contribution >= 4 is 11.5 Å². The summed E-state index contributed by atoms with van der Waals surface area (Å²) in [5, 5.41) is 16.4. The summed E-state index contributed by atoms with van der Waals surface area (Å²) < 4.78 is 3.96. The molecule has 6 heteroatoms. The van der Waals surface area contributed by atoms with Gasteiger partial charge in [0, 0.05) is 6.20 Å². The third kappa shape index (κ3) is 1.50. The molecule has 0 aliphatic carbocycles. The van der Waals surface area contributed by atoms with Gasteiger partial charge in [-0.25, -0.2) is 4.98 Å². The van der Waals surface area contributed by atoms with E-state index in [9.17, 15) is 0 Å². The molecule has 0 radical (unpaired) electrons. The Hall–Kier alpha value is -1.87. The normalized spacial score (nSPS) is 9.46. The largest absolute Gasteiger partial charge is 0.214 e. The van der Waals surface area contributed by atoms with Crippen molar-refractivity contribution in [1.29, 1.82) is 5.26 Å². The summed E-state index contributed by atoms with van der Waals surface area (Å²) in [4.78, 5) is 3.94. The van der Waals surface area contributed by atoms with E-state index in [-0.39, 0.29) is 0 Å². The van der Waals surface area contributed by atoms with Crippen LogP contribution in [0.5, 0.6) is 0 Å². The molecule has 2 aromatic heterocycles. The van der Waals surface area contributed by atoms with Crippen LogP contribution in [0, 0.1) is 11.3 Å². The Morgan fingerprint density at radius 2 is 2.38 bits per heavy atom. The van der Waals surface area contributed by atoms with Crippen LogP contribution >= 0.6 is 11.5 Å². The first-order valence-corrected chi connectivity index (χ1v) is 4.19. The molecule has 13 heavy (non-hydrogen) atoms. The van der Waals surface area contributed by atoms with E-state index >= 15 is 0 Å². The van der Waals surface area contributed by atoms with Crippen molar-refractivity contribution in [3.05, 3.63) is 23.3 Å². The third-order valence-electron chi connectivity index (χ3n) is 1.32. The molecule has 0 atom stereocenters. The zero-order valence-electron chi connectivity index (χ0n) is 6.38. The quantitative estimate of drug-likeness (QED) is 0.665. The molecule has 62 valence electrons. The average Bonchev–Trinajstić information content (AvgIpc) is 2.67. The Morgan fingerprint density at radius 1 is 1.46 bits per heavy atom. The predicted octanol–water partition coefficient (Wildman–Crippen LogP) is 0.867. The van der Waals surface area contributed by atoms with Gasteiger partial charge in [-0.05, 0) is 23.7 Å². The molecular weight excluding hydrogens is 186 g/mol. The summed E-state index contributed by atoms with van der Waals surface area (Å²) in [6.07, 6.45) is 1.57. The Morgan fingerprint density at radius 3 is 3.00 bits per heavy atom. The Kier molecular flexibility index (Phi) is 1.94. The first-order valence-electron chi connectivity index (χ1n) is 3.42. The second-order valence-corrected chi connectivity index (χ2v) is 2.90. The molecule has 0 aliphatic heterocycles. The van der Waals surface area contributed by atoms with E-state index in [0.29, 0.717) is 16.5 Å². The molecule has 2 heterocycles. The van der Waals surface area contributed by atoms with Gasteiger partial charge in [0.15, 0.2) is 5.82 Å². The molecule has 0 N–H and O–H groups in total. The predicted molar refractivity (Wildman–Crippen MR) is 45.7 cm³/mol. The zero-order valence-corrected chi connectivity index (χ0v) is 7.19. The molecule has 2 aromatic rings. The maximum Gasteiger partial charge on any atom is 0.214 e. The summed E-state index contributed by atoms with van der Waals surface area (Å²) in [5.41, 5.74) is 0.584. The molecule has 0 amide bonds. The van der Waals surface area contributed by atoms with Crippen LogP contribution in [0.4, 0.5) is 0 Å². The van der Waals surface area contributed by atoms with E-state index in [0.717, 1.165) is 11.5 Å². The molecule has 0 saturated carbocycles. The number of rotatable bonds is 1. The zero-order chi connectivity index (χ0) is 9.10. The van der Waals surface area contributed by atoms with Gasteiger partial charge in [-0.3, -0.25) is 0 Å². The van der Waals surface area contributed by atoms with Gasteiger partial charge in [-0.2, -0.15) is 14.7 Å². The van der Waals surface area contributed by atoms with Gasteiger partial charge in [0.2, 0.25) is 5.01 Å². The highest BCUT2D eigenvalue weighted by Crippen LogP contribution is 2.13. The number of hydrogen-bond donors (Lipinski definition) is 0. The van der Waals surface area contributed by atoms with Gasteiger partial charge in [0.25, 0.3) is 0 Å². The fraction of sp³-hybridized carbons (Fsp3) is 0. The lowest BCUT2D eigenvalue weighted by Gasteiger charge is -1.88. The topological polar surface area (TPSA) is 75.3 Å². The van der Waals surface area contributed by atoms with Crippen LogP contribution in [0.1, 0.15) is 5.01 Å². The van der Waals surface area contributed by atoms with E-state index in [2.05, 4.69) is 19.6 Å². The minimum atomic E-state index is 0.334. The van der Waals surface area contributed by atoms with E-state index in [1.54, 1.807) is 18.3 Å². The number of nitriles is 1. The SMILES string of the molecule is N#Cc1nc(-c2cccnn2)ns1. The minimum Gasteiger partial charge on any atom is -0.203 e. The first kappa shape index (κ1) is 7.76. The van der Waals surface area contributed by atoms with E-state index in [1.165, 1.54) is 0 Å². The smallest absolute Gasteiger partial charge is 0.203 e.